The average molecular weight is 296 g/mol. The monoisotopic (exact) mass is 296 g/mol. The lowest BCUT2D eigenvalue weighted by atomic mass is 10.1. The number of hydrogen-bond donors (Lipinski definition) is 1. The maximum atomic E-state index is 5.50. The van der Waals surface area contributed by atoms with Gasteiger partial charge in [0.05, 0.1) is 19.0 Å². The zero-order valence-electron chi connectivity index (χ0n) is 12.9. The van der Waals surface area contributed by atoms with Gasteiger partial charge >= 0.3 is 0 Å². The molecule has 0 spiro atoms. The number of rotatable bonds is 6. The lowest BCUT2D eigenvalue weighted by Gasteiger charge is -2.10. The fraction of sp³-hybridized carbons (Fsp3) is 0.294. The standard InChI is InChI=1S/C17H20N4O/c1-3-21-15(12-19-20-21)11-18-10-13-8-14-6-4-5-7-16(14)17(9-13)22-2/h4-9,12,18H,3,10-11H2,1-2H3. The van der Waals surface area contributed by atoms with E-state index >= 15 is 0 Å². The van der Waals surface area contributed by atoms with E-state index in [2.05, 4.69) is 46.8 Å². The number of aryl methyl sites for hydroxylation is 1. The van der Waals surface area contributed by atoms with Crippen LogP contribution in [0.25, 0.3) is 10.8 Å². The van der Waals surface area contributed by atoms with E-state index in [1.54, 1.807) is 13.3 Å². The molecule has 0 fully saturated rings. The first kappa shape index (κ1) is 14.5. The number of ether oxygens (including phenoxy) is 1. The molecule has 0 atom stereocenters. The number of hydrogen-bond acceptors (Lipinski definition) is 4. The van der Waals surface area contributed by atoms with Gasteiger partial charge in [-0.2, -0.15) is 0 Å². The quantitative estimate of drug-likeness (QED) is 0.760. The Kier molecular flexibility index (Phi) is 4.34. The summed E-state index contributed by atoms with van der Waals surface area (Å²) < 4.78 is 7.40. The van der Waals surface area contributed by atoms with Gasteiger partial charge in [-0.1, -0.05) is 29.5 Å². The molecule has 5 nitrogen and oxygen atoms in total. The molecule has 0 unspecified atom stereocenters. The first-order valence-electron chi connectivity index (χ1n) is 7.45. The average Bonchev–Trinajstić information content (AvgIpc) is 3.01. The summed E-state index contributed by atoms with van der Waals surface area (Å²) in [5.41, 5.74) is 2.29. The third-order valence-corrected chi connectivity index (χ3v) is 3.74. The van der Waals surface area contributed by atoms with Crippen LogP contribution in [-0.4, -0.2) is 22.1 Å². The van der Waals surface area contributed by atoms with Crippen LogP contribution in [-0.2, 0) is 19.6 Å². The van der Waals surface area contributed by atoms with Crippen LogP contribution in [0, 0.1) is 0 Å². The summed E-state index contributed by atoms with van der Waals surface area (Å²) in [5.74, 6) is 0.912. The SMILES string of the molecule is CCn1nncc1CNCc1cc(OC)c2ccccc2c1. The van der Waals surface area contributed by atoms with Crippen LogP contribution in [0.4, 0.5) is 0 Å². The minimum atomic E-state index is 0.746. The van der Waals surface area contributed by atoms with Crippen LogP contribution in [0.2, 0.25) is 0 Å². The van der Waals surface area contributed by atoms with E-state index < -0.39 is 0 Å². The molecule has 0 amide bonds. The number of methoxy groups -OCH3 is 1. The van der Waals surface area contributed by atoms with Crippen LogP contribution >= 0.6 is 0 Å². The molecule has 0 aliphatic carbocycles. The van der Waals surface area contributed by atoms with Crippen molar-refractivity contribution in [3.63, 3.8) is 0 Å². The Morgan fingerprint density at radius 3 is 2.86 bits per heavy atom. The molecular weight excluding hydrogens is 276 g/mol. The molecule has 0 radical (unpaired) electrons. The molecule has 2 aromatic carbocycles. The Morgan fingerprint density at radius 1 is 1.18 bits per heavy atom. The summed E-state index contributed by atoms with van der Waals surface area (Å²) >= 11 is 0. The van der Waals surface area contributed by atoms with Gasteiger partial charge in [-0.15, -0.1) is 5.10 Å². The smallest absolute Gasteiger partial charge is 0.127 e. The first-order valence-corrected chi connectivity index (χ1v) is 7.45. The number of nitrogens with zero attached hydrogens (tertiary/aromatic N) is 3. The van der Waals surface area contributed by atoms with Gasteiger partial charge in [-0.25, -0.2) is 4.68 Å². The largest absolute Gasteiger partial charge is 0.496 e. The van der Waals surface area contributed by atoms with Gasteiger partial charge in [-0.05, 0) is 30.0 Å². The van der Waals surface area contributed by atoms with E-state index in [1.807, 2.05) is 16.8 Å². The second-order valence-corrected chi connectivity index (χ2v) is 5.16. The van der Waals surface area contributed by atoms with Crippen LogP contribution in [0.1, 0.15) is 18.2 Å². The first-order chi connectivity index (χ1) is 10.8. The Labute approximate surface area is 129 Å². The predicted octanol–water partition coefficient (Wildman–Crippen LogP) is 2.75. The predicted molar refractivity (Wildman–Crippen MR) is 86.7 cm³/mol. The topological polar surface area (TPSA) is 52.0 Å². The third kappa shape index (κ3) is 2.94. The highest BCUT2D eigenvalue weighted by atomic mass is 16.5. The van der Waals surface area contributed by atoms with Crippen molar-refractivity contribution in [2.75, 3.05) is 7.11 Å². The van der Waals surface area contributed by atoms with Crippen molar-refractivity contribution in [2.24, 2.45) is 0 Å². The summed E-state index contributed by atoms with van der Waals surface area (Å²) in [7, 11) is 1.71. The minimum Gasteiger partial charge on any atom is -0.496 e. The molecule has 22 heavy (non-hydrogen) atoms. The van der Waals surface area contributed by atoms with Crippen molar-refractivity contribution in [3.05, 3.63) is 53.9 Å². The molecule has 3 aromatic rings. The van der Waals surface area contributed by atoms with E-state index in [9.17, 15) is 0 Å². The summed E-state index contributed by atoms with van der Waals surface area (Å²) in [6, 6.07) is 12.5. The summed E-state index contributed by atoms with van der Waals surface area (Å²) in [5, 5.41) is 13.7. The fourth-order valence-electron chi connectivity index (χ4n) is 2.62. The molecular formula is C17H20N4O. The van der Waals surface area contributed by atoms with Crippen LogP contribution < -0.4 is 10.1 Å². The molecule has 0 bridgehead atoms. The van der Waals surface area contributed by atoms with Gasteiger partial charge in [0.15, 0.2) is 0 Å². The van der Waals surface area contributed by atoms with E-state index in [-0.39, 0.29) is 0 Å². The normalized spacial score (nSPS) is 11.0. The van der Waals surface area contributed by atoms with Crippen molar-refractivity contribution in [2.45, 2.75) is 26.6 Å². The second kappa shape index (κ2) is 6.58. The summed E-state index contributed by atoms with van der Waals surface area (Å²) in [4.78, 5) is 0. The van der Waals surface area contributed by atoms with Gasteiger partial charge in [0.1, 0.15) is 5.75 Å². The van der Waals surface area contributed by atoms with Crippen molar-refractivity contribution in [3.8, 4) is 5.75 Å². The van der Waals surface area contributed by atoms with Crippen molar-refractivity contribution >= 4 is 10.8 Å². The fourth-order valence-corrected chi connectivity index (χ4v) is 2.62. The maximum absolute atomic E-state index is 5.50. The van der Waals surface area contributed by atoms with Gasteiger partial charge in [-0.3, -0.25) is 0 Å². The third-order valence-electron chi connectivity index (χ3n) is 3.74. The highest BCUT2D eigenvalue weighted by Crippen LogP contribution is 2.27. The van der Waals surface area contributed by atoms with Crippen LogP contribution in [0.15, 0.2) is 42.6 Å². The van der Waals surface area contributed by atoms with E-state index in [0.29, 0.717) is 0 Å². The van der Waals surface area contributed by atoms with Gasteiger partial charge in [0, 0.05) is 25.0 Å². The van der Waals surface area contributed by atoms with Crippen LogP contribution in [0.3, 0.4) is 0 Å². The number of aromatic nitrogens is 3. The Bertz CT molecular complexity index is 766. The lowest BCUT2D eigenvalue weighted by Crippen LogP contribution is -2.16. The maximum Gasteiger partial charge on any atom is 0.127 e. The van der Waals surface area contributed by atoms with Crippen molar-refractivity contribution in [1.29, 1.82) is 0 Å². The van der Waals surface area contributed by atoms with Gasteiger partial charge < -0.3 is 10.1 Å². The zero-order chi connectivity index (χ0) is 15.4. The number of benzene rings is 2. The Hall–Kier alpha value is -2.40. The van der Waals surface area contributed by atoms with E-state index in [1.165, 1.54) is 10.9 Å². The molecule has 0 saturated heterocycles. The summed E-state index contributed by atoms with van der Waals surface area (Å²) in [6.45, 7) is 4.42. The molecule has 0 aliphatic heterocycles. The van der Waals surface area contributed by atoms with Gasteiger partial charge in [0.25, 0.3) is 0 Å². The van der Waals surface area contributed by atoms with Crippen LogP contribution in [0.5, 0.6) is 5.75 Å². The second-order valence-electron chi connectivity index (χ2n) is 5.16. The highest BCUT2D eigenvalue weighted by molar-refractivity contribution is 5.89. The lowest BCUT2D eigenvalue weighted by molar-refractivity contribution is 0.419. The Balaban J connectivity index is 1.74. The molecule has 1 N–H and O–H groups in total. The molecule has 3 rings (SSSR count). The van der Waals surface area contributed by atoms with Crippen molar-refractivity contribution in [1.82, 2.24) is 20.3 Å². The molecule has 5 heteroatoms. The summed E-state index contributed by atoms with van der Waals surface area (Å²) in [6.07, 6.45) is 1.80. The molecule has 114 valence electrons. The Morgan fingerprint density at radius 2 is 2.05 bits per heavy atom. The zero-order valence-corrected chi connectivity index (χ0v) is 12.9. The molecule has 0 aliphatic rings. The number of fused-ring (bicyclic) bond motifs is 1. The molecule has 0 saturated carbocycles. The minimum absolute atomic E-state index is 0.746. The number of nitrogens with one attached hydrogen (secondary N) is 1. The molecule has 1 aromatic heterocycles. The van der Waals surface area contributed by atoms with Gasteiger partial charge in [0.2, 0.25) is 0 Å². The highest BCUT2D eigenvalue weighted by Gasteiger charge is 2.05. The molecule has 1 heterocycles. The van der Waals surface area contributed by atoms with E-state index in [0.717, 1.165) is 36.5 Å². The van der Waals surface area contributed by atoms with E-state index in [4.69, 9.17) is 4.74 Å². The van der Waals surface area contributed by atoms with Crippen molar-refractivity contribution < 1.29 is 4.74 Å².